The van der Waals surface area contributed by atoms with Crippen molar-refractivity contribution in [2.75, 3.05) is 0 Å². The van der Waals surface area contributed by atoms with E-state index < -0.39 is 24.5 Å². The van der Waals surface area contributed by atoms with Gasteiger partial charge >= 0.3 is 11.9 Å². The van der Waals surface area contributed by atoms with Gasteiger partial charge in [0, 0.05) is 13.8 Å². The van der Waals surface area contributed by atoms with Gasteiger partial charge in [-0.05, 0) is 116 Å². The molecule has 0 aromatic carbocycles. The van der Waals surface area contributed by atoms with Gasteiger partial charge in [0.2, 0.25) is 12.6 Å². The van der Waals surface area contributed by atoms with E-state index in [0.29, 0.717) is 11.1 Å². The van der Waals surface area contributed by atoms with Crippen LogP contribution >= 0.6 is 0 Å². The monoisotopic (exact) mass is 570 g/mol. The minimum absolute atomic E-state index is 0.500. The van der Waals surface area contributed by atoms with Crippen LogP contribution in [0, 0.1) is 0 Å². The third kappa shape index (κ3) is 20.2. The second-order valence-corrected chi connectivity index (χ2v) is 10.5. The molecule has 41 heavy (non-hydrogen) atoms. The smallest absolute Gasteiger partial charge is 0.305 e. The molecule has 0 heterocycles. The summed E-state index contributed by atoms with van der Waals surface area (Å²) >= 11 is 0. The summed E-state index contributed by atoms with van der Waals surface area (Å²) in [5, 5.41) is 0. The van der Waals surface area contributed by atoms with Gasteiger partial charge in [-0.25, -0.2) is 0 Å². The first-order valence-corrected chi connectivity index (χ1v) is 14.3. The Morgan fingerprint density at radius 1 is 0.512 bits per heavy atom. The molecule has 0 saturated heterocycles. The second kappa shape index (κ2) is 22.4. The number of ether oxygens (including phenoxy) is 3. The SMILES string of the molecule is CC(=O)OC(OC(OC(C)=O)C(C)=CCCC(C)=CCCC(C)=CC=O)C(C)=CCCC(C)=CCCC(C)=CC=O. The Morgan fingerprint density at radius 3 is 1.15 bits per heavy atom. The summed E-state index contributed by atoms with van der Waals surface area (Å²) in [6.07, 6.45) is 17.6. The minimum Gasteiger partial charge on any atom is -0.432 e. The van der Waals surface area contributed by atoms with Crippen molar-refractivity contribution in [1.82, 2.24) is 0 Å². The molecule has 228 valence electrons. The molecule has 0 amide bonds. The zero-order valence-corrected chi connectivity index (χ0v) is 26.3. The van der Waals surface area contributed by atoms with Crippen molar-refractivity contribution in [3.8, 4) is 0 Å². The van der Waals surface area contributed by atoms with Crippen LogP contribution in [0.2, 0.25) is 0 Å². The Morgan fingerprint density at radius 2 is 0.829 bits per heavy atom. The fourth-order valence-corrected chi connectivity index (χ4v) is 3.81. The quantitative estimate of drug-likeness (QED) is 0.0481. The minimum atomic E-state index is -0.995. The van der Waals surface area contributed by atoms with Crippen molar-refractivity contribution < 1.29 is 33.4 Å². The van der Waals surface area contributed by atoms with E-state index in [4.69, 9.17) is 14.2 Å². The first-order valence-electron chi connectivity index (χ1n) is 14.3. The summed E-state index contributed by atoms with van der Waals surface area (Å²) < 4.78 is 16.9. The van der Waals surface area contributed by atoms with Crippen LogP contribution in [-0.2, 0) is 33.4 Å². The summed E-state index contributed by atoms with van der Waals surface area (Å²) in [6.45, 7) is 14.3. The summed E-state index contributed by atoms with van der Waals surface area (Å²) in [4.78, 5) is 44.8. The van der Waals surface area contributed by atoms with Gasteiger partial charge in [-0.15, -0.1) is 0 Å². The van der Waals surface area contributed by atoms with E-state index in [1.807, 2.05) is 39.8 Å². The lowest BCUT2D eigenvalue weighted by Crippen LogP contribution is -2.31. The zero-order valence-electron chi connectivity index (χ0n) is 26.3. The van der Waals surface area contributed by atoms with Gasteiger partial charge in [0.15, 0.2) is 0 Å². The topological polar surface area (TPSA) is 96.0 Å². The molecule has 0 aliphatic carbocycles. The van der Waals surface area contributed by atoms with Crippen molar-refractivity contribution in [3.63, 3.8) is 0 Å². The van der Waals surface area contributed by atoms with Gasteiger partial charge in [0.05, 0.1) is 0 Å². The lowest BCUT2D eigenvalue weighted by molar-refractivity contribution is -0.215. The van der Waals surface area contributed by atoms with Crippen molar-refractivity contribution in [2.24, 2.45) is 0 Å². The van der Waals surface area contributed by atoms with E-state index in [2.05, 4.69) is 26.0 Å². The molecular weight excluding hydrogens is 520 g/mol. The van der Waals surface area contributed by atoms with Gasteiger partial charge in [-0.3, -0.25) is 23.9 Å². The van der Waals surface area contributed by atoms with Crippen LogP contribution in [0.25, 0.3) is 0 Å². The third-order valence-corrected chi connectivity index (χ3v) is 6.31. The van der Waals surface area contributed by atoms with Gasteiger partial charge in [-0.2, -0.15) is 0 Å². The van der Waals surface area contributed by atoms with Crippen molar-refractivity contribution in [3.05, 3.63) is 69.9 Å². The first-order chi connectivity index (χ1) is 19.4. The molecule has 0 N–H and O–H groups in total. The molecule has 0 aliphatic rings. The predicted octanol–water partition coefficient (Wildman–Crippen LogP) is 7.98. The summed E-state index contributed by atoms with van der Waals surface area (Å²) in [5.74, 6) is -1.00. The molecule has 2 unspecified atom stereocenters. The summed E-state index contributed by atoms with van der Waals surface area (Å²) in [7, 11) is 0. The lowest BCUT2D eigenvalue weighted by atomic mass is 10.1. The molecule has 0 radical (unpaired) electrons. The molecule has 0 bridgehead atoms. The maximum Gasteiger partial charge on any atom is 0.305 e. The number of hydrogen-bond acceptors (Lipinski definition) is 7. The van der Waals surface area contributed by atoms with Gasteiger partial charge < -0.3 is 9.47 Å². The van der Waals surface area contributed by atoms with Gasteiger partial charge in [-0.1, -0.05) is 46.6 Å². The molecule has 0 aliphatic heterocycles. The average molecular weight is 571 g/mol. The molecule has 2 atom stereocenters. The summed E-state index contributed by atoms with van der Waals surface area (Å²) in [5.41, 5.74) is 5.97. The van der Waals surface area contributed by atoms with Crippen LogP contribution in [0.3, 0.4) is 0 Å². The Balaban J connectivity index is 5.32. The van der Waals surface area contributed by atoms with Crippen LogP contribution in [0.4, 0.5) is 0 Å². The molecule has 7 nitrogen and oxygen atoms in total. The molecule has 0 spiro atoms. The first kappa shape index (κ1) is 37.7. The fourth-order valence-electron chi connectivity index (χ4n) is 3.81. The number of aldehydes is 2. The maximum absolute atomic E-state index is 11.8. The molecule has 0 saturated carbocycles. The molecule has 0 aromatic heterocycles. The number of carbonyl (C=O) groups excluding carboxylic acids is 4. The number of allylic oxidation sites excluding steroid dienone is 10. The average Bonchev–Trinajstić information content (AvgIpc) is 2.87. The lowest BCUT2D eigenvalue weighted by Gasteiger charge is -2.25. The number of carbonyl (C=O) groups is 4. The maximum atomic E-state index is 11.8. The van der Waals surface area contributed by atoms with E-state index in [1.54, 1.807) is 12.2 Å². The third-order valence-electron chi connectivity index (χ3n) is 6.31. The normalized spacial score (nSPS) is 15.3. The van der Waals surface area contributed by atoms with Crippen LogP contribution < -0.4 is 0 Å². The molecular formula is C34H50O7. The van der Waals surface area contributed by atoms with E-state index in [9.17, 15) is 19.2 Å². The van der Waals surface area contributed by atoms with Crippen LogP contribution in [0.15, 0.2) is 69.9 Å². The standard InChI is InChI=1S/C34H50O7/c1-25(13-9-15-27(3)21-23-35)17-11-19-29(5)33(39-31(7)37)41-34(40-32(8)38)30(6)20-12-18-26(2)14-10-16-28(4)22-24-36/h13-14,19-24,33-34H,9-12,15-18H2,1-8H3. The molecule has 0 aromatic rings. The molecule has 7 heteroatoms. The van der Waals surface area contributed by atoms with E-state index >= 15 is 0 Å². The Labute approximate surface area is 247 Å². The zero-order chi connectivity index (χ0) is 31.2. The highest BCUT2D eigenvalue weighted by molar-refractivity contribution is 5.67. The highest BCUT2D eigenvalue weighted by Gasteiger charge is 2.24. The van der Waals surface area contributed by atoms with Crippen LogP contribution in [0.5, 0.6) is 0 Å². The van der Waals surface area contributed by atoms with E-state index in [0.717, 1.165) is 75.1 Å². The van der Waals surface area contributed by atoms with Gasteiger partial charge in [0.25, 0.3) is 0 Å². The number of rotatable bonds is 20. The molecule has 0 fully saturated rings. The Hall–Kier alpha value is -3.32. The Bertz CT molecular complexity index is 955. The second-order valence-electron chi connectivity index (χ2n) is 10.5. The highest BCUT2D eigenvalue weighted by Crippen LogP contribution is 2.20. The van der Waals surface area contributed by atoms with Crippen molar-refractivity contribution >= 4 is 24.5 Å². The molecule has 0 rings (SSSR count). The van der Waals surface area contributed by atoms with Crippen LogP contribution in [-0.4, -0.2) is 37.1 Å². The largest absolute Gasteiger partial charge is 0.432 e. The highest BCUT2D eigenvalue weighted by atomic mass is 16.8. The van der Waals surface area contributed by atoms with Crippen LogP contribution in [0.1, 0.15) is 107 Å². The Kier molecular flexibility index (Phi) is 20.6. The van der Waals surface area contributed by atoms with E-state index in [-0.39, 0.29) is 0 Å². The predicted molar refractivity (Wildman–Crippen MR) is 164 cm³/mol. The van der Waals surface area contributed by atoms with Crippen molar-refractivity contribution in [2.45, 2.75) is 119 Å². The number of esters is 2. The number of hydrogen-bond donors (Lipinski definition) is 0. The summed E-state index contributed by atoms with van der Waals surface area (Å²) in [6, 6.07) is 0. The van der Waals surface area contributed by atoms with E-state index in [1.165, 1.54) is 25.0 Å². The van der Waals surface area contributed by atoms with Gasteiger partial charge in [0.1, 0.15) is 12.6 Å². The fraction of sp³-hybridized carbons (Fsp3) is 0.529. The van der Waals surface area contributed by atoms with Crippen molar-refractivity contribution in [1.29, 1.82) is 0 Å².